The molecular formula is C8H14FNO. The van der Waals surface area contributed by atoms with Gasteiger partial charge in [-0.25, -0.2) is 4.39 Å². The van der Waals surface area contributed by atoms with Crippen LogP contribution in [0.2, 0.25) is 0 Å². The molecule has 0 N–H and O–H groups in total. The molecule has 1 rings (SSSR count). The lowest BCUT2D eigenvalue weighted by molar-refractivity contribution is -0.114. The summed E-state index contributed by atoms with van der Waals surface area (Å²) in [5.74, 6) is -0.0637. The molecule has 11 heavy (non-hydrogen) atoms. The summed E-state index contributed by atoms with van der Waals surface area (Å²) in [5, 5.41) is 0. The lowest BCUT2D eigenvalue weighted by Gasteiger charge is -2.29. The normalized spacial score (nSPS) is 29.8. The molecule has 0 bridgehead atoms. The first-order valence-corrected chi connectivity index (χ1v) is 4.02. The van der Waals surface area contributed by atoms with E-state index in [4.69, 9.17) is 0 Å². The van der Waals surface area contributed by atoms with Crippen LogP contribution in [0.5, 0.6) is 0 Å². The fraction of sp³-hybridized carbons (Fsp3) is 0.875. The van der Waals surface area contributed by atoms with Crippen LogP contribution in [0.3, 0.4) is 0 Å². The van der Waals surface area contributed by atoms with E-state index in [0.29, 0.717) is 6.29 Å². The van der Waals surface area contributed by atoms with Crippen LogP contribution in [0.15, 0.2) is 0 Å². The molecule has 64 valence electrons. The van der Waals surface area contributed by atoms with E-state index in [9.17, 15) is 9.18 Å². The number of carbonyl (C=O) groups is 1. The van der Waals surface area contributed by atoms with Crippen LogP contribution in [0.4, 0.5) is 4.39 Å². The van der Waals surface area contributed by atoms with E-state index in [1.807, 2.05) is 7.05 Å². The Morgan fingerprint density at radius 1 is 1.73 bits per heavy atom. The predicted molar refractivity (Wildman–Crippen MR) is 41.2 cm³/mol. The smallest absolute Gasteiger partial charge is 0.159 e. The molecule has 1 fully saturated rings. The molecule has 0 aromatic rings. The molecule has 2 nitrogen and oxygen atoms in total. The molecule has 0 saturated carbocycles. The van der Waals surface area contributed by atoms with E-state index in [0.717, 1.165) is 25.9 Å². The van der Waals surface area contributed by atoms with E-state index in [-0.39, 0.29) is 5.92 Å². The summed E-state index contributed by atoms with van der Waals surface area (Å²) in [5.41, 5.74) is 0. The van der Waals surface area contributed by atoms with Crippen molar-refractivity contribution in [2.24, 2.45) is 5.92 Å². The van der Waals surface area contributed by atoms with Gasteiger partial charge in [0.25, 0.3) is 0 Å². The van der Waals surface area contributed by atoms with Crippen molar-refractivity contribution >= 4 is 6.29 Å². The van der Waals surface area contributed by atoms with Gasteiger partial charge >= 0.3 is 0 Å². The number of alkyl halides is 1. The minimum Gasteiger partial charge on any atom is -0.306 e. The van der Waals surface area contributed by atoms with Gasteiger partial charge in [-0.1, -0.05) is 0 Å². The van der Waals surface area contributed by atoms with Gasteiger partial charge in [-0.2, -0.15) is 0 Å². The van der Waals surface area contributed by atoms with Gasteiger partial charge in [0.2, 0.25) is 0 Å². The van der Waals surface area contributed by atoms with Crippen LogP contribution in [-0.4, -0.2) is 37.5 Å². The van der Waals surface area contributed by atoms with Gasteiger partial charge in [0, 0.05) is 12.5 Å². The van der Waals surface area contributed by atoms with Crippen molar-refractivity contribution < 1.29 is 9.18 Å². The standard InChI is InChI=1S/C8H14FNO/c1-10-4-2-3-7(5-10)8(9)6-11/h6-8H,2-5H2,1H3. The molecular weight excluding hydrogens is 145 g/mol. The van der Waals surface area contributed by atoms with Gasteiger partial charge in [0.05, 0.1) is 0 Å². The van der Waals surface area contributed by atoms with E-state index >= 15 is 0 Å². The zero-order valence-corrected chi connectivity index (χ0v) is 6.79. The summed E-state index contributed by atoms with van der Waals surface area (Å²) in [4.78, 5) is 12.2. The SMILES string of the molecule is CN1CCCC(C(F)C=O)C1. The van der Waals surface area contributed by atoms with E-state index in [2.05, 4.69) is 4.90 Å². The molecule has 2 atom stereocenters. The van der Waals surface area contributed by atoms with Crippen LogP contribution >= 0.6 is 0 Å². The first-order valence-electron chi connectivity index (χ1n) is 4.02. The van der Waals surface area contributed by atoms with Crippen molar-refractivity contribution in [2.45, 2.75) is 19.0 Å². The fourth-order valence-corrected chi connectivity index (χ4v) is 1.58. The summed E-state index contributed by atoms with van der Waals surface area (Å²) in [6.45, 7) is 1.75. The quantitative estimate of drug-likeness (QED) is 0.557. The first kappa shape index (κ1) is 8.65. The maximum Gasteiger partial charge on any atom is 0.159 e. The van der Waals surface area contributed by atoms with Crippen molar-refractivity contribution in [2.75, 3.05) is 20.1 Å². The van der Waals surface area contributed by atoms with Crippen LogP contribution in [0.25, 0.3) is 0 Å². The Morgan fingerprint density at radius 3 is 3.00 bits per heavy atom. The average molecular weight is 159 g/mol. The van der Waals surface area contributed by atoms with Crippen LogP contribution < -0.4 is 0 Å². The van der Waals surface area contributed by atoms with Gasteiger partial charge < -0.3 is 9.69 Å². The van der Waals surface area contributed by atoms with E-state index in [1.165, 1.54) is 0 Å². The largest absolute Gasteiger partial charge is 0.306 e. The summed E-state index contributed by atoms with van der Waals surface area (Å²) >= 11 is 0. The Morgan fingerprint density at radius 2 is 2.45 bits per heavy atom. The van der Waals surface area contributed by atoms with Crippen molar-refractivity contribution in [1.82, 2.24) is 4.90 Å². The van der Waals surface area contributed by atoms with Crippen LogP contribution in [0, 0.1) is 5.92 Å². The Balaban J connectivity index is 2.38. The Hall–Kier alpha value is -0.440. The second kappa shape index (κ2) is 3.81. The van der Waals surface area contributed by atoms with Gasteiger partial charge in [-0.05, 0) is 26.4 Å². The monoisotopic (exact) mass is 159 g/mol. The number of hydrogen-bond acceptors (Lipinski definition) is 2. The van der Waals surface area contributed by atoms with Crippen LogP contribution in [0.1, 0.15) is 12.8 Å². The first-order chi connectivity index (χ1) is 5.24. The number of likely N-dealkylation sites (tertiary alicyclic amines) is 1. The average Bonchev–Trinajstić information content (AvgIpc) is 2.03. The molecule has 1 aliphatic rings. The molecule has 0 aliphatic carbocycles. The van der Waals surface area contributed by atoms with E-state index < -0.39 is 6.17 Å². The molecule has 1 saturated heterocycles. The minimum atomic E-state index is -1.25. The van der Waals surface area contributed by atoms with Crippen molar-refractivity contribution in [3.05, 3.63) is 0 Å². The number of carbonyl (C=O) groups excluding carboxylic acids is 1. The van der Waals surface area contributed by atoms with Gasteiger partial charge in [-0.3, -0.25) is 0 Å². The van der Waals surface area contributed by atoms with Crippen LogP contribution in [-0.2, 0) is 4.79 Å². The highest BCUT2D eigenvalue weighted by atomic mass is 19.1. The zero-order chi connectivity index (χ0) is 8.27. The second-order valence-electron chi connectivity index (χ2n) is 3.25. The topological polar surface area (TPSA) is 20.3 Å². The summed E-state index contributed by atoms with van der Waals surface area (Å²) < 4.78 is 12.8. The maximum absolute atomic E-state index is 12.8. The van der Waals surface area contributed by atoms with Gasteiger partial charge in [0.15, 0.2) is 12.5 Å². The molecule has 0 amide bonds. The van der Waals surface area contributed by atoms with Crippen molar-refractivity contribution in [1.29, 1.82) is 0 Å². The maximum atomic E-state index is 12.8. The van der Waals surface area contributed by atoms with Crippen molar-refractivity contribution in [3.63, 3.8) is 0 Å². The summed E-state index contributed by atoms with van der Waals surface area (Å²) in [7, 11) is 1.96. The number of piperidine rings is 1. The number of nitrogens with zero attached hydrogens (tertiary/aromatic N) is 1. The highest BCUT2D eigenvalue weighted by Crippen LogP contribution is 2.19. The molecule has 3 heteroatoms. The molecule has 0 aromatic carbocycles. The lowest BCUT2D eigenvalue weighted by Crippen LogP contribution is -2.37. The summed E-state index contributed by atoms with van der Waals surface area (Å²) in [6, 6.07) is 0. The molecule has 1 aliphatic heterocycles. The molecule has 2 unspecified atom stereocenters. The fourth-order valence-electron chi connectivity index (χ4n) is 1.58. The third kappa shape index (κ3) is 2.26. The second-order valence-corrected chi connectivity index (χ2v) is 3.25. The third-order valence-corrected chi connectivity index (χ3v) is 2.24. The zero-order valence-electron chi connectivity index (χ0n) is 6.79. The highest BCUT2D eigenvalue weighted by molar-refractivity contribution is 5.56. The number of aldehydes is 1. The molecule has 0 radical (unpaired) electrons. The van der Waals surface area contributed by atoms with Gasteiger partial charge in [-0.15, -0.1) is 0 Å². The molecule has 1 heterocycles. The number of hydrogen-bond donors (Lipinski definition) is 0. The van der Waals surface area contributed by atoms with Gasteiger partial charge in [0.1, 0.15) is 0 Å². The Kier molecular flexibility index (Phi) is 3.00. The van der Waals surface area contributed by atoms with E-state index in [1.54, 1.807) is 0 Å². The minimum absolute atomic E-state index is 0.0637. The number of halogens is 1. The summed E-state index contributed by atoms with van der Waals surface area (Å²) in [6.07, 6.45) is 1.03. The molecule has 0 spiro atoms. The lowest BCUT2D eigenvalue weighted by atomic mass is 9.94. The number of rotatable bonds is 2. The third-order valence-electron chi connectivity index (χ3n) is 2.24. The highest BCUT2D eigenvalue weighted by Gasteiger charge is 2.24. The Bertz CT molecular complexity index is 140. The predicted octanol–water partition coefficient (Wildman–Crippen LogP) is 0.865. The Labute approximate surface area is 66.4 Å². The molecule has 0 aromatic heterocycles. The van der Waals surface area contributed by atoms with Crippen molar-refractivity contribution in [3.8, 4) is 0 Å².